The van der Waals surface area contributed by atoms with Gasteiger partial charge in [0.15, 0.2) is 0 Å². The van der Waals surface area contributed by atoms with Gasteiger partial charge in [-0.2, -0.15) is 0 Å². The van der Waals surface area contributed by atoms with Crippen molar-refractivity contribution in [2.75, 3.05) is 6.54 Å². The standard InChI is InChI=1S/C10H16BrN3/c1-7-10(11)14-6-8(4-5-12)2-3-9(14)13-7/h8H,2-6,12H2,1H3. The van der Waals surface area contributed by atoms with Crippen LogP contribution in [0, 0.1) is 12.8 Å². The third-order valence-corrected chi connectivity index (χ3v) is 3.94. The molecule has 0 aliphatic carbocycles. The maximum atomic E-state index is 5.59. The molecule has 0 spiro atoms. The van der Waals surface area contributed by atoms with Crippen LogP contribution in [-0.2, 0) is 13.0 Å². The van der Waals surface area contributed by atoms with E-state index in [0.29, 0.717) is 0 Å². The van der Waals surface area contributed by atoms with Gasteiger partial charge < -0.3 is 10.3 Å². The Bertz CT molecular complexity index is 332. The van der Waals surface area contributed by atoms with Crippen LogP contribution in [0.25, 0.3) is 0 Å². The summed E-state index contributed by atoms with van der Waals surface area (Å²) in [6.45, 7) is 3.92. The fraction of sp³-hybridized carbons (Fsp3) is 0.700. The minimum Gasteiger partial charge on any atom is -0.330 e. The highest BCUT2D eigenvalue weighted by atomic mass is 79.9. The Labute approximate surface area is 92.8 Å². The Morgan fingerprint density at radius 1 is 1.64 bits per heavy atom. The van der Waals surface area contributed by atoms with Gasteiger partial charge in [0.25, 0.3) is 0 Å². The van der Waals surface area contributed by atoms with Crippen molar-refractivity contribution >= 4 is 15.9 Å². The number of hydrogen-bond donors (Lipinski definition) is 1. The van der Waals surface area contributed by atoms with Gasteiger partial charge in [0.2, 0.25) is 0 Å². The van der Waals surface area contributed by atoms with Crippen LogP contribution in [0.15, 0.2) is 4.60 Å². The van der Waals surface area contributed by atoms with Gasteiger partial charge in [-0.3, -0.25) is 0 Å². The Morgan fingerprint density at radius 3 is 3.14 bits per heavy atom. The van der Waals surface area contributed by atoms with Crippen LogP contribution < -0.4 is 5.73 Å². The molecule has 14 heavy (non-hydrogen) atoms. The zero-order chi connectivity index (χ0) is 10.1. The molecule has 2 rings (SSSR count). The molecule has 1 aliphatic rings. The molecule has 0 bridgehead atoms. The lowest BCUT2D eigenvalue weighted by Gasteiger charge is -2.23. The van der Waals surface area contributed by atoms with Gasteiger partial charge in [-0.1, -0.05) is 0 Å². The first-order chi connectivity index (χ1) is 6.72. The molecule has 2 N–H and O–H groups in total. The van der Waals surface area contributed by atoms with Gasteiger partial charge in [0.05, 0.1) is 5.69 Å². The van der Waals surface area contributed by atoms with E-state index in [0.717, 1.165) is 42.1 Å². The summed E-state index contributed by atoms with van der Waals surface area (Å²) >= 11 is 3.58. The zero-order valence-electron chi connectivity index (χ0n) is 8.46. The average molecular weight is 258 g/mol. The number of imidazole rings is 1. The van der Waals surface area contributed by atoms with Gasteiger partial charge in [0, 0.05) is 13.0 Å². The van der Waals surface area contributed by atoms with E-state index in [1.807, 2.05) is 6.92 Å². The van der Waals surface area contributed by atoms with E-state index in [1.54, 1.807) is 0 Å². The number of aryl methyl sites for hydroxylation is 2. The third kappa shape index (κ3) is 1.73. The highest BCUT2D eigenvalue weighted by Crippen LogP contribution is 2.27. The van der Waals surface area contributed by atoms with Crippen LogP contribution >= 0.6 is 15.9 Å². The Balaban J connectivity index is 2.20. The summed E-state index contributed by atoms with van der Waals surface area (Å²) in [5.74, 6) is 1.96. The molecular weight excluding hydrogens is 242 g/mol. The number of nitrogens with two attached hydrogens (primary N) is 1. The van der Waals surface area contributed by atoms with Gasteiger partial charge in [-0.05, 0) is 48.2 Å². The monoisotopic (exact) mass is 257 g/mol. The highest BCUT2D eigenvalue weighted by molar-refractivity contribution is 9.10. The molecule has 0 saturated heterocycles. The highest BCUT2D eigenvalue weighted by Gasteiger charge is 2.21. The van der Waals surface area contributed by atoms with E-state index in [-0.39, 0.29) is 0 Å². The topological polar surface area (TPSA) is 43.8 Å². The number of hydrogen-bond acceptors (Lipinski definition) is 2. The minimum absolute atomic E-state index is 0.734. The normalized spacial score (nSPS) is 20.9. The number of halogens is 1. The average Bonchev–Trinajstić information content (AvgIpc) is 2.45. The maximum Gasteiger partial charge on any atom is 0.109 e. The van der Waals surface area contributed by atoms with Crippen LogP contribution in [0.2, 0.25) is 0 Å². The smallest absolute Gasteiger partial charge is 0.109 e. The Hall–Kier alpha value is -0.350. The van der Waals surface area contributed by atoms with Crippen molar-refractivity contribution in [2.24, 2.45) is 11.7 Å². The molecule has 2 heterocycles. The predicted octanol–water partition coefficient (Wildman–Crippen LogP) is 1.87. The molecule has 0 amide bonds. The summed E-state index contributed by atoms with van der Waals surface area (Å²) in [5.41, 5.74) is 6.69. The molecular formula is C10H16BrN3. The molecule has 0 fully saturated rings. The fourth-order valence-electron chi connectivity index (χ4n) is 2.14. The predicted molar refractivity (Wildman–Crippen MR) is 60.1 cm³/mol. The molecule has 1 aromatic heterocycles. The summed E-state index contributed by atoms with van der Waals surface area (Å²) in [7, 11) is 0. The molecule has 1 unspecified atom stereocenters. The molecule has 78 valence electrons. The number of aromatic nitrogens is 2. The number of fused-ring (bicyclic) bond motifs is 1. The molecule has 0 saturated carbocycles. The lowest BCUT2D eigenvalue weighted by Crippen LogP contribution is -2.22. The largest absolute Gasteiger partial charge is 0.330 e. The van der Waals surface area contributed by atoms with Gasteiger partial charge in [0.1, 0.15) is 10.4 Å². The molecule has 3 nitrogen and oxygen atoms in total. The molecule has 0 radical (unpaired) electrons. The van der Waals surface area contributed by atoms with E-state index in [4.69, 9.17) is 5.73 Å². The summed E-state index contributed by atoms with van der Waals surface area (Å²) in [6, 6.07) is 0. The van der Waals surface area contributed by atoms with E-state index >= 15 is 0 Å². The second kappa shape index (κ2) is 4.03. The number of nitrogens with zero attached hydrogens (tertiary/aromatic N) is 2. The second-order valence-electron chi connectivity index (χ2n) is 4.00. The van der Waals surface area contributed by atoms with Crippen molar-refractivity contribution < 1.29 is 0 Å². The molecule has 1 aliphatic heterocycles. The van der Waals surface area contributed by atoms with E-state index in [9.17, 15) is 0 Å². The van der Waals surface area contributed by atoms with Crippen molar-refractivity contribution in [3.05, 3.63) is 16.1 Å². The quantitative estimate of drug-likeness (QED) is 0.880. The lowest BCUT2D eigenvalue weighted by molar-refractivity contribution is 0.346. The first-order valence-corrected chi connectivity index (χ1v) is 5.93. The Kier molecular flexibility index (Phi) is 2.93. The first kappa shape index (κ1) is 10.2. The maximum absolute atomic E-state index is 5.59. The zero-order valence-corrected chi connectivity index (χ0v) is 10.0. The fourth-order valence-corrected chi connectivity index (χ4v) is 2.58. The van der Waals surface area contributed by atoms with Crippen LogP contribution in [-0.4, -0.2) is 16.1 Å². The van der Waals surface area contributed by atoms with Gasteiger partial charge >= 0.3 is 0 Å². The van der Waals surface area contributed by atoms with Crippen LogP contribution in [0.1, 0.15) is 24.4 Å². The number of rotatable bonds is 2. The molecule has 1 atom stereocenters. The summed E-state index contributed by atoms with van der Waals surface area (Å²) in [6.07, 6.45) is 3.46. The SMILES string of the molecule is Cc1nc2n(c1Br)CC(CCN)CC2. The van der Waals surface area contributed by atoms with Crippen molar-refractivity contribution in [2.45, 2.75) is 32.7 Å². The first-order valence-electron chi connectivity index (χ1n) is 5.14. The molecule has 1 aromatic rings. The van der Waals surface area contributed by atoms with Gasteiger partial charge in [-0.25, -0.2) is 4.98 Å². The Morgan fingerprint density at radius 2 is 2.43 bits per heavy atom. The van der Waals surface area contributed by atoms with Crippen molar-refractivity contribution in [1.29, 1.82) is 0 Å². The van der Waals surface area contributed by atoms with Crippen molar-refractivity contribution in [3.8, 4) is 0 Å². The van der Waals surface area contributed by atoms with Crippen LogP contribution in [0.5, 0.6) is 0 Å². The minimum atomic E-state index is 0.734. The van der Waals surface area contributed by atoms with Gasteiger partial charge in [-0.15, -0.1) is 0 Å². The lowest BCUT2D eigenvalue weighted by atomic mass is 9.96. The van der Waals surface area contributed by atoms with Crippen molar-refractivity contribution in [3.63, 3.8) is 0 Å². The molecule has 4 heteroatoms. The van der Waals surface area contributed by atoms with E-state index in [2.05, 4.69) is 25.5 Å². The van der Waals surface area contributed by atoms with E-state index < -0.39 is 0 Å². The van der Waals surface area contributed by atoms with Crippen LogP contribution in [0.4, 0.5) is 0 Å². The molecule has 0 aromatic carbocycles. The second-order valence-corrected chi connectivity index (χ2v) is 4.75. The van der Waals surface area contributed by atoms with E-state index in [1.165, 1.54) is 12.2 Å². The van der Waals surface area contributed by atoms with Crippen molar-refractivity contribution in [1.82, 2.24) is 9.55 Å². The van der Waals surface area contributed by atoms with Crippen LogP contribution in [0.3, 0.4) is 0 Å². The summed E-state index contributed by atoms with van der Waals surface area (Å²) in [5, 5.41) is 0. The summed E-state index contributed by atoms with van der Waals surface area (Å²) in [4.78, 5) is 4.53. The summed E-state index contributed by atoms with van der Waals surface area (Å²) < 4.78 is 3.44. The third-order valence-electron chi connectivity index (χ3n) is 2.94.